The molecule has 1 aliphatic heterocycles. The third kappa shape index (κ3) is 4.79. The van der Waals surface area contributed by atoms with Gasteiger partial charge in [-0.2, -0.15) is 0 Å². The third-order valence-corrected chi connectivity index (χ3v) is 7.78. The molecule has 3 aromatic rings. The van der Waals surface area contributed by atoms with Gasteiger partial charge in [0.15, 0.2) is 5.13 Å². The zero-order valence-corrected chi connectivity index (χ0v) is 18.5. The monoisotopic (exact) mass is 420 g/mol. The molecule has 4 nitrogen and oxygen atoms in total. The van der Waals surface area contributed by atoms with E-state index in [9.17, 15) is 0 Å². The third-order valence-electron chi connectivity index (χ3n) is 6.82. The van der Waals surface area contributed by atoms with Crippen molar-refractivity contribution in [1.82, 2.24) is 9.88 Å². The smallest absolute Gasteiger partial charge is 0.184 e. The van der Waals surface area contributed by atoms with Crippen molar-refractivity contribution in [3.8, 4) is 0 Å². The van der Waals surface area contributed by atoms with E-state index < -0.39 is 0 Å². The van der Waals surface area contributed by atoms with E-state index in [4.69, 9.17) is 4.98 Å². The molecule has 2 fully saturated rings. The van der Waals surface area contributed by atoms with Gasteiger partial charge < -0.3 is 10.2 Å². The summed E-state index contributed by atoms with van der Waals surface area (Å²) in [7, 11) is 0. The van der Waals surface area contributed by atoms with E-state index in [1.807, 2.05) is 0 Å². The van der Waals surface area contributed by atoms with Gasteiger partial charge in [0.2, 0.25) is 0 Å². The zero-order chi connectivity index (χ0) is 20.2. The number of para-hydroxylation sites is 2. The molecule has 0 spiro atoms. The van der Waals surface area contributed by atoms with Crippen LogP contribution in [0.1, 0.15) is 32.1 Å². The van der Waals surface area contributed by atoms with Gasteiger partial charge >= 0.3 is 0 Å². The fourth-order valence-electron chi connectivity index (χ4n) is 4.94. The van der Waals surface area contributed by atoms with Crippen LogP contribution >= 0.6 is 11.3 Å². The van der Waals surface area contributed by atoms with Crippen LogP contribution in [0.2, 0.25) is 0 Å². The molecule has 0 amide bonds. The molecule has 158 valence electrons. The summed E-state index contributed by atoms with van der Waals surface area (Å²) in [6.07, 6.45) is 6.63. The lowest BCUT2D eigenvalue weighted by molar-refractivity contribution is 0.218. The molecule has 30 heavy (non-hydrogen) atoms. The molecule has 1 saturated heterocycles. The number of rotatable bonds is 6. The number of hydrogen-bond donors (Lipinski definition) is 1. The maximum atomic E-state index is 4.75. The maximum absolute atomic E-state index is 4.75. The zero-order valence-electron chi connectivity index (χ0n) is 17.7. The molecule has 1 aliphatic carbocycles. The largest absolute Gasteiger partial charge is 0.369 e. The molecule has 1 saturated carbocycles. The van der Waals surface area contributed by atoms with Gasteiger partial charge in [-0.1, -0.05) is 41.7 Å². The summed E-state index contributed by atoms with van der Waals surface area (Å²) in [5.41, 5.74) is 2.49. The highest BCUT2D eigenvalue weighted by Crippen LogP contribution is 2.32. The normalized spacial score (nSPS) is 23.0. The molecule has 2 heterocycles. The summed E-state index contributed by atoms with van der Waals surface area (Å²) in [6.45, 7) is 5.97. The van der Waals surface area contributed by atoms with Crippen molar-refractivity contribution < 1.29 is 0 Å². The molecule has 1 aromatic heterocycles. The Morgan fingerprint density at radius 2 is 1.60 bits per heavy atom. The molecule has 2 aromatic carbocycles. The fourth-order valence-corrected chi connectivity index (χ4v) is 5.88. The van der Waals surface area contributed by atoms with Gasteiger partial charge in [0, 0.05) is 37.9 Å². The molecule has 1 N–H and O–H groups in total. The first-order valence-corrected chi connectivity index (χ1v) is 12.3. The Balaban J connectivity index is 1.02. The quantitative estimate of drug-likeness (QED) is 0.572. The Bertz CT molecular complexity index is 891. The van der Waals surface area contributed by atoms with Crippen LogP contribution in [0.3, 0.4) is 0 Å². The first-order valence-electron chi connectivity index (χ1n) is 11.5. The Morgan fingerprint density at radius 3 is 2.37 bits per heavy atom. The van der Waals surface area contributed by atoms with Gasteiger partial charge in [-0.25, -0.2) is 4.98 Å². The van der Waals surface area contributed by atoms with E-state index in [0.717, 1.165) is 29.7 Å². The molecule has 5 rings (SSSR count). The fraction of sp³-hybridized carbons (Fsp3) is 0.480. The number of piperazine rings is 1. The van der Waals surface area contributed by atoms with Crippen LogP contribution in [-0.2, 0) is 0 Å². The summed E-state index contributed by atoms with van der Waals surface area (Å²) < 4.78 is 1.28. The number of anilines is 2. The molecular formula is C25H32N4S. The lowest BCUT2D eigenvalue weighted by Gasteiger charge is -2.37. The molecule has 5 heteroatoms. The van der Waals surface area contributed by atoms with Crippen molar-refractivity contribution in [3.05, 3.63) is 54.6 Å². The SMILES string of the molecule is c1ccc(N2CCN(CCC3CCC(Nc4nc5ccccc5s4)CC3)CC2)cc1. The minimum Gasteiger partial charge on any atom is -0.369 e. The summed E-state index contributed by atoms with van der Waals surface area (Å²) in [5, 5.41) is 4.80. The number of benzene rings is 2. The minimum atomic E-state index is 0.594. The van der Waals surface area contributed by atoms with Crippen LogP contribution in [0.15, 0.2) is 54.6 Å². The Hall–Kier alpha value is -2.11. The lowest BCUT2D eigenvalue weighted by Crippen LogP contribution is -2.47. The van der Waals surface area contributed by atoms with Crippen LogP contribution in [-0.4, -0.2) is 48.6 Å². The maximum Gasteiger partial charge on any atom is 0.184 e. The van der Waals surface area contributed by atoms with Gasteiger partial charge in [0.1, 0.15) is 0 Å². The second kappa shape index (κ2) is 9.36. The standard InChI is InChI=1S/C25H32N4S/c1-2-6-22(7-3-1)29-18-16-28(17-19-29)15-14-20-10-12-21(13-11-20)26-25-27-23-8-4-5-9-24(23)30-25/h1-9,20-21H,10-19H2,(H,26,27). The van der Waals surface area contributed by atoms with Crippen LogP contribution in [0.5, 0.6) is 0 Å². The Labute approximate surface area is 183 Å². The van der Waals surface area contributed by atoms with Crippen molar-refractivity contribution in [3.63, 3.8) is 0 Å². The van der Waals surface area contributed by atoms with Crippen molar-refractivity contribution >= 4 is 32.4 Å². The second-order valence-corrected chi connectivity index (χ2v) is 9.83. The van der Waals surface area contributed by atoms with Crippen molar-refractivity contribution in [2.24, 2.45) is 5.92 Å². The van der Waals surface area contributed by atoms with Gasteiger partial charge in [0.25, 0.3) is 0 Å². The number of fused-ring (bicyclic) bond motifs is 1. The van der Waals surface area contributed by atoms with E-state index >= 15 is 0 Å². The second-order valence-electron chi connectivity index (χ2n) is 8.80. The highest BCUT2D eigenvalue weighted by molar-refractivity contribution is 7.22. The highest BCUT2D eigenvalue weighted by Gasteiger charge is 2.23. The number of thiazole rings is 1. The highest BCUT2D eigenvalue weighted by atomic mass is 32.1. The predicted molar refractivity (Wildman–Crippen MR) is 129 cm³/mol. The number of aromatic nitrogens is 1. The van der Waals surface area contributed by atoms with Gasteiger partial charge in [-0.3, -0.25) is 4.90 Å². The molecule has 0 bridgehead atoms. The Morgan fingerprint density at radius 1 is 0.867 bits per heavy atom. The van der Waals surface area contributed by atoms with Crippen molar-refractivity contribution in [1.29, 1.82) is 0 Å². The number of nitrogens with zero attached hydrogens (tertiary/aromatic N) is 3. The van der Waals surface area contributed by atoms with Crippen LogP contribution < -0.4 is 10.2 Å². The van der Waals surface area contributed by atoms with Gasteiger partial charge in [0.05, 0.1) is 10.2 Å². The lowest BCUT2D eigenvalue weighted by atomic mass is 9.84. The van der Waals surface area contributed by atoms with Crippen molar-refractivity contribution in [2.75, 3.05) is 42.9 Å². The molecule has 2 aliphatic rings. The Kier molecular flexibility index (Phi) is 6.18. The first kappa shape index (κ1) is 19.8. The van der Waals surface area contributed by atoms with E-state index in [1.165, 1.54) is 62.1 Å². The van der Waals surface area contributed by atoms with Crippen LogP contribution in [0.4, 0.5) is 10.8 Å². The van der Waals surface area contributed by atoms with Gasteiger partial charge in [-0.05, 0) is 68.8 Å². The average molecular weight is 421 g/mol. The molecular weight excluding hydrogens is 388 g/mol. The van der Waals surface area contributed by atoms with Crippen molar-refractivity contribution in [2.45, 2.75) is 38.1 Å². The molecule has 0 atom stereocenters. The number of hydrogen-bond acceptors (Lipinski definition) is 5. The van der Waals surface area contributed by atoms with Gasteiger partial charge in [-0.15, -0.1) is 0 Å². The average Bonchev–Trinajstić information content (AvgIpc) is 3.22. The topological polar surface area (TPSA) is 31.4 Å². The summed E-state index contributed by atoms with van der Waals surface area (Å²) >= 11 is 1.79. The first-order chi connectivity index (χ1) is 14.8. The summed E-state index contributed by atoms with van der Waals surface area (Å²) in [6, 6.07) is 19.9. The van der Waals surface area contributed by atoms with E-state index in [2.05, 4.69) is 69.7 Å². The molecule has 0 radical (unpaired) electrons. The summed E-state index contributed by atoms with van der Waals surface area (Å²) in [5.74, 6) is 0.894. The van der Waals surface area contributed by atoms with E-state index in [1.54, 1.807) is 11.3 Å². The predicted octanol–water partition coefficient (Wildman–Crippen LogP) is 5.48. The summed E-state index contributed by atoms with van der Waals surface area (Å²) in [4.78, 5) is 9.94. The minimum absolute atomic E-state index is 0.594. The number of nitrogens with one attached hydrogen (secondary N) is 1. The van der Waals surface area contributed by atoms with E-state index in [-0.39, 0.29) is 0 Å². The molecule has 0 unspecified atom stereocenters. The van der Waals surface area contributed by atoms with E-state index in [0.29, 0.717) is 6.04 Å². The van der Waals surface area contributed by atoms with Crippen LogP contribution in [0, 0.1) is 5.92 Å². The van der Waals surface area contributed by atoms with Crippen LogP contribution in [0.25, 0.3) is 10.2 Å².